The number of hydrogen-bond donors (Lipinski definition) is 1. The van der Waals surface area contributed by atoms with E-state index >= 15 is 0 Å². The summed E-state index contributed by atoms with van der Waals surface area (Å²) in [4.78, 5) is 11.1. The van der Waals surface area contributed by atoms with E-state index in [0.29, 0.717) is 25.4 Å². The van der Waals surface area contributed by atoms with Gasteiger partial charge < -0.3 is 19.4 Å². The van der Waals surface area contributed by atoms with Crippen molar-refractivity contribution in [3.8, 4) is 0 Å². The highest BCUT2D eigenvalue weighted by atomic mass is 32.2. The van der Waals surface area contributed by atoms with E-state index in [9.17, 15) is 9.90 Å². The molecule has 3 rings (SSSR count). The van der Waals surface area contributed by atoms with Gasteiger partial charge in [-0.2, -0.15) is 11.8 Å². The van der Waals surface area contributed by atoms with Gasteiger partial charge in [-0.05, 0) is 11.1 Å². The van der Waals surface area contributed by atoms with Gasteiger partial charge in [-0.25, -0.2) is 0 Å². The number of benzene rings is 2. The Morgan fingerprint density at radius 1 is 0.923 bits per heavy atom. The summed E-state index contributed by atoms with van der Waals surface area (Å²) in [6.07, 6.45) is -0.0970. The van der Waals surface area contributed by atoms with E-state index in [-0.39, 0.29) is 11.4 Å². The van der Waals surface area contributed by atoms with Crippen LogP contribution in [0.2, 0.25) is 0 Å². The first kappa shape index (κ1) is 19.1. The van der Waals surface area contributed by atoms with Gasteiger partial charge in [0.05, 0.1) is 25.4 Å². The highest BCUT2D eigenvalue weighted by molar-refractivity contribution is 8.00. The van der Waals surface area contributed by atoms with Crippen molar-refractivity contribution in [2.24, 2.45) is 0 Å². The van der Waals surface area contributed by atoms with Gasteiger partial charge in [-0.15, -0.1) is 0 Å². The molecule has 0 spiro atoms. The van der Waals surface area contributed by atoms with Crippen molar-refractivity contribution in [2.45, 2.75) is 43.2 Å². The number of thioether (sulfide) groups is 1. The first-order valence-electron chi connectivity index (χ1n) is 8.82. The zero-order chi connectivity index (χ0) is 18.2. The summed E-state index contributed by atoms with van der Waals surface area (Å²) in [5, 5.41) is 10.5. The molecule has 1 aliphatic rings. The topological polar surface area (TPSA) is 55.8 Å². The van der Waals surface area contributed by atoms with Crippen LogP contribution in [0, 0.1) is 0 Å². The maximum Gasteiger partial charge on any atom is 0.121 e. The van der Waals surface area contributed by atoms with Crippen molar-refractivity contribution in [1.82, 2.24) is 0 Å². The lowest BCUT2D eigenvalue weighted by atomic mass is 10.0. The molecule has 1 heterocycles. The maximum absolute atomic E-state index is 11.1. The summed E-state index contributed by atoms with van der Waals surface area (Å²) in [7, 11) is 0. The Morgan fingerprint density at radius 2 is 1.46 bits per heavy atom. The summed E-state index contributed by atoms with van der Waals surface area (Å²) in [5.74, 6) is 0.545. The molecule has 0 aromatic heterocycles. The number of aliphatic hydroxyl groups is 1. The van der Waals surface area contributed by atoms with Gasteiger partial charge in [0.25, 0.3) is 0 Å². The van der Waals surface area contributed by atoms with Crippen LogP contribution in [0.1, 0.15) is 17.5 Å². The third-order valence-electron chi connectivity index (χ3n) is 4.45. The van der Waals surface area contributed by atoms with E-state index in [0.717, 1.165) is 17.4 Å². The molecule has 4 nitrogen and oxygen atoms in total. The highest BCUT2D eigenvalue weighted by Crippen LogP contribution is 2.33. The van der Waals surface area contributed by atoms with Gasteiger partial charge in [0.15, 0.2) is 0 Å². The van der Waals surface area contributed by atoms with Crippen LogP contribution in [-0.2, 0) is 27.5 Å². The fourth-order valence-electron chi connectivity index (χ4n) is 3.08. The molecule has 1 aliphatic heterocycles. The average Bonchev–Trinajstić information content (AvgIpc) is 2.69. The molecule has 0 saturated carbocycles. The van der Waals surface area contributed by atoms with Gasteiger partial charge >= 0.3 is 0 Å². The molecule has 1 saturated heterocycles. The molecule has 2 aromatic rings. The molecular weight excluding hydrogens is 348 g/mol. The van der Waals surface area contributed by atoms with E-state index in [4.69, 9.17) is 9.47 Å². The molecule has 0 unspecified atom stereocenters. The molecule has 0 bridgehead atoms. The standard InChI is InChI=1S/C21H24O4S/c22-12-11-19-21(25-14-17-9-5-2-6-10-17)20(18(23)15-26-19)24-13-16-7-3-1-4-8-16/h1-10,12,18-21,23H,11,13-15H2/t18-,19+,20+,21+/m1/s1. The van der Waals surface area contributed by atoms with E-state index in [1.54, 1.807) is 11.8 Å². The van der Waals surface area contributed by atoms with Crippen molar-refractivity contribution < 1.29 is 19.4 Å². The lowest BCUT2D eigenvalue weighted by molar-refractivity contribution is -0.132. The number of aldehydes is 1. The van der Waals surface area contributed by atoms with Crippen molar-refractivity contribution in [2.75, 3.05) is 5.75 Å². The quantitative estimate of drug-likeness (QED) is 0.721. The monoisotopic (exact) mass is 372 g/mol. The van der Waals surface area contributed by atoms with Crippen LogP contribution in [-0.4, -0.2) is 40.7 Å². The average molecular weight is 372 g/mol. The van der Waals surface area contributed by atoms with E-state index < -0.39 is 12.2 Å². The van der Waals surface area contributed by atoms with Crippen LogP contribution in [0.4, 0.5) is 0 Å². The van der Waals surface area contributed by atoms with E-state index in [1.165, 1.54) is 0 Å². The minimum absolute atomic E-state index is 0.0135. The minimum Gasteiger partial charge on any atom is -0.389 e. The summed E-state index contributed by atoms with van der Waals surface area (Å²) in [6.45, 7) is 0.839. The molecule has 26 heavy (non-hydrogen) atoms. The second kappa shape index (κ2) is 9.88. The van der Waals surface area contributed by atoms with Gasteiger partial charge in [-0.3, -0.25) is 0 Å². The van der Waals surface area contributed by atoms with Crippen molar-refractivity contribution in [3.05, 3.63) is 71.8 Å². The fraction of sp³-hybridized carbons (Fsp3) is 0.381. The molecule has 2 aromatic carbocycles. The van der Waals surface area contributed by atoms with Crippen molar-refractivity contribution >= 4 is 18.0 Å². The van der Waals surface area contributed by atoms with E-state index in [1.807, 2.05) is 60.7 Å². The number of rotatable bonds is 8. The summed E-state index contributed by atoms with van der Waals surface area (Å²) in [6, 6.07) is 19.8. The van der Waals surface area contributed by atoms with Crippen LogP contribution in [0.5, 0.6) is 0 Å². The molecular formula is C21H24O4S. The first-order valence-corrected chi connectivity index (χ1v) is 9.87. The molecule has 4 atom stereocenters. The SMILES string of the molecule is O=CC[C@@H]1SC[C@@H](O)[C@H](OCc2ccccc2)[C@H]1OCc1ccccc1. The van der Waals surface area contributed by atoms with Crippen LogP contribution in [0.3, 0.4) is 0 Å². The second-order valence-electron chi connectivity index (χ2n) is 6.36. The minimum atomic E-state index is -0.618. The lowest BCUT2D eigenvalue weighted by Gasteiger charge is -2.39. The summed E-state index contributed by atoms with van der Waals surface area (Å²) in [5.41, 5.74) is 2.11. The van der Waals surface area contributed by atoms with Crippen molar-refractivity contribution in [3.63, 3.8) is 0 Å². The highest BCUT2D eigenvalue weighted by Gasteiger charge is 2.40. The Morgan fingerprint density at radius 3 is 2.00 bits per heavy atom. The molecule has 0 amide bonds. The predicted molar refractivity (Wildman–Crippen MR) is 103 cm³/mol. The Labute approximate surface area is 158 Å². The van der Waals surface area contributed by atoms with Crippen molar-refractivity contribution in [1.29, 1.82) is 0 Å². The largest absolute Gasteiger partial charge is 0.389 e. The molecule has 138 valence electrons. The third-order valence-corrected chi connectivity index (χ3v) is 5.87. The molecule has 5 heteroatoms. The number of carbonyl (C=O) groups excluding carboxylic acids is 1. The smallest absolute Gasteiger partial charge is 0.121 e. The van der Waals surface area contributed by atoms with Crippen LogP contribution in [0.15, 0.2) is 60.7 Å². The zero-order valence-electron chi connectivity index (χ0n) is 14.6. The number of ether oxygens (including phenoxy) is 2. The Kier molecular flexibility index (Phi) is 7.26. The molecule has 1 N–H and O–H groups in total. The van der Waals surface area contributed by atoms with Crippen LogP contribution >= 0.6 is 11.8 Å². The number of aliphatic hydroxyl groups excluding tert-OH is 1. The van der Waals surface area contributed by atoms with Gasteiger partial charge in [0.2, 0.25) is 0 Å². The lowest BCUT2D eigenvalue weighted by Crippen LogP contribution is -2.51. The van der Waals surface area contributed by atoms with Crippen LogP contribution in [0.25, 0.3) is 0 Å². The first-order chi connectivity index (χ1) is 12.8. The maximum atomic E-state index is 11.1. The molecule has 0 aliphatic carbocycles. The Hall–Kier alpha value is -1.66. The summed E-state index contributed by atoms with van der Waals surface area (Å²) < 4.78 is 12.2. The predicted octanol–water partition coefficient (Wildman–Crippen LogP) is 3.22. The second-order valence-corrected chi connectivity index (χ2v) is 7.64. The molecule has 1 fully saturated rings. The van der Waals surface area contributed by atoms with Gasteiger partial charge in [-0.1, -0.05) is 60.7 Å². The summed E-state index contributed by atoms with van der Waals surface area (Å²) >= 11 is 1.58. The third kappa shape index (κ3) is 5.17. The number of carbonyl (C=O) groups is 1. The van der Waals surface area contributed by atoms with E-state index in [2.05, 4.69) is 0 Å². The van der Waals surface area contributed by atoms with Crippen LogP contribution < -0.4 is 0 Å². The zero-order valence-corrected chi connectivity index (χ0v) is 15.4. The Bertz CT molecular complexity index is 664. The fourth-order valence-corrected chi connectivity index (χ4v) is 4.35. The normalized spacial score (nSPS) is 25.7. The molecule has 0 radical (unpaired) electrons. The van der Waals surface area contributed by atoms with Gasteiger partial charge in [0.1, 0.15) is 12.4 Å². The Balaban J connectivity index is 1.69. The van der Waals surface area contributed by atoms with Gasteiger partial charge in [0, 0.05) is 17.4 Å². The number of hydrogen-bond acceptors (Lipinski definition) is 5.